The number of rotatable bonds is 12. The molecule has 1 N–H and O–H groups in total. The van der Waals surface area contributed by atoms with E-state index < -0.39 is 0 Å². The van der Waals surface area contributed by atoms with Gasteiger partial charge in [-0.2, -0.15) is 0 Å². The molecule has 192 valence electrons. The van der Waals surface area contributed by atoms with E-state index in [2.05, 4.69) is 22.1 Å². The molecule has 0 aliphatic carbocycles. The molecule has 0 radical (unpaired) electrons. The van der Waals surface area contributed by atoms with Crippen LogP contribution in [0.2, 0.25) is 0 Å². The number of aromatic nitrogens is 2. The third-order valence-corrected chi connectivity index (χ3v) is 6.32. The van der Waals surface area contributed by atoms with Crippen LogP contribution in [0.4, 0.5) is 0 Å². The van der Waals surface area contributed by atoms with Gasteiger partial charge in [0, 0.05) is 54.7 Å². The van der Waals surface area contributed by atoms with Crippen LogP contribution >= 0.6 is 0 Å². The molecule has 7 heteroatoms. The second-order valence-corrected chi connectivity index (χ2v) is 8.96. The highest BCUT2D eigenvalue weighted by Gasteiger charge is 2.22. The summed E-state index contributed by atoms with van der Waals surface area (Å²) in [4.78, 5) is 37.6. The van der Waals surface area contributed by atoms with Crippen molar-refractivity contribution in [1.29, 1.82) is 0 Å². The van der Waals surface area contributed by atoms with Crippen molar-refractivity contribution < 1.29 is 14.3 Å². The predicted octanol–water partition coefficient (Wildman–Crippen LogP) is 5.09. The van der Waals surface area contributed by atoms with E-state index >= 15 is 0 Å². The first kappa shape index (κ1) is 25.9. The number of benzene rings is 2. The highest BCUT2D eigenvalue weighted by Crippen LogP contribution is 2.20. The lowest BCUT2D eigenvalue weighted by Gasteiger charge is -2.28. The maximum Gasteiger partial charge on any atom is 0.254 e. The summed E-state index contributed by atoms with van der Waals surface area (Å²) in [6.07, 6.45) is 6.68. The average Bonchev–Trinajstić information content (AvgIpc) is 3.35. The fraction of sp³-hybridized carbons (Fsp3) is 0.300. The SMILES string of the molecule is CCCN(CC(=O)N(CCc1c[nH]c2ccccc12)Cc1ccc(OCC)cc1)C(=O)c1ccncc1. The van der Waals surface area contributed by atoms with Crippen molar-refractivity contribution in [3.8, 4) is 5.75 Å². The molecule has 37 heavy (non-hydrogen) atoms. The van der Waals surface area contributed by atoms with Gasteiger partial charge in [-0.25, -0.2) is 0 Å². The Morgan fingerprint density at radius 3 is 2.41 bits per heavy atom. The number of carbonyl (C=O) groups is 2. The van der Waals surface area contributed by atoms with Crippen LogP contribution in [0.3, 0.4) is 0 Å². The zero-order chi connectivity index (χ0) is 26.0. The summed E-state index contributed by atoms with van der Waals surface area (Å²) >= 11 is 0. The molecule has 2 amide bonds. The standard InChI is InChI=1S/C30H34N4O3/c1-3-18-34(30(36)24-13-16-31-17-14-24)22-29(35)33(21-23-9-11-26(12-10-23)37-4-2)19-15-25-20-32-28-8-6-5-7-27(25)28/h5-14,16-17,20,32H,3-4,15,18-19,21-22H2,1-2H3. The number of H-pyrrole nitrogens is 1. The van der Waals surface area contributed by atoms with Gasteiger partial charge < -0.3 is 19.5 Å². The fourth-order valence-electron chi connectivity index (χ4n) is 4.43. The molecule has 0 atom stereocenters. The highest BCUT2D eigenvalue weighted by atomic mass is 16.5. The van der Waals surface area contributed by atoms with E-state index in [0.717, 1.165) is 28.6 Å². The lowest BCUT2D eigenvalue weighted by Crippen LogP contribution is -2.43. The summed E-state index contributed by atoms with van der Waals surface area (Å²) in [6, 6.07) is 19.4. The van der Waals surface area contributed by atoms with Crippen LogP contribution in [-0.4, -0.2) is 57.8 Å². The molecule has 0 aliphatic heterocycles. The normalized spacial score (nSPS) is 10.9. The molecule has 2 aromatic heterocycles. The van der Waals surface area contributed by atoms with E-state index in [-0.39, 0.29) is 18.4 Å². The summed E-state index contributed by atoms with van der Waals surface area (Å²) in [5.74, 6) is 0.569. The topological polar surface area (TPSA) is 78.5 Å². The monoisotopic (exact) mass is 498 g/mol. The van der Waals surface area contributed by atoms with Gasteiger partial charge in [0.15, 0.2) is 0 Å². The minimum atomic E-state index is -0.157. The van der Waals surface area contributed by atoms with Crippen LogP contribution in [0.25, 0.3) is 10.9 Å². The number of nitrogens with zero attached hydrogens (tertiary/aromatic N) is 3. The third kappa shape index (κ3) is 6.76. The Kier molecular flexibility index (Phi) is 8.92. The summed E-state index contributed by atoms with van der Waals surface area (Å²) in [5.41, 5.74) is 3.80. The first-order valence-electron chi connectivity index (χ1n) is 12.8. The minimum Gasteiger partial charge on any atom is -0.494 e. The highest BCUT2D eigenvalue weighted by molar-refractivity contribution is 5.96. The molecule has 0 saturated heterocycles. The lowest BCUT2D eigenvalue weighted by atomic mass is 10.1. The van der Waals surface area contributed by atoms with Crippen LogP contribution < -0.4 is 4.74 Å². The number of carbonyl (C=O) groups excluding carboxylic acids is 2. The molecule has 0 unspecified atom stereocenters. The number of para-hydroxylation sites is 1. The maximum absolute atomic E-state index is 13.6. The van der Waals surface area contributed by atoms with Gasteiger partial charge in [0.2, 0.25) is 5.91 Å². The number of hydrogen-bond acceptors (Lipinski definition) is 4. The second kappa shape index (κ2) is 12.7. The Balaban J connectivity index is 1.52. The second-order valence-electron chi connectivity index (χ2n) is 8.96. The van der Waals surface area contributed by atoms with Crippen molar-refractivity contribution in [2.24, 2.45) is 0 Å². The van der Waals surface area contributed by atoms with Crippen molar-refractivity contribution >= 4 is 22.7 Å². The van der Waals surface area contributed by atoms with Crippen LogP contribution in [0.15, 0.2) is 79.3 Å². The van der Waals surface area contributed by atoms with Crippen molar-refractivity contribution in [2.75, 3.05) is 26.2 Å². The lowest BCUT2D eigenvalue weighted by molar-refractivity contribution is -0.132. The summed E-state index contributed by atoms with van der Waals surface area (Å²) < 4.78 is 5.57. The van der Waals surface area contributed by atoms with E-state index in [4.69, 9.17) is 4.74 Å². The molecule has 0 bridgehead atoms. The van der Waals surface area contributed by atoms with Crippen molar-refractivity contribution in [1.82, 2.24) is 19.8 Å². The number of hydrogen-bond donors (Lipinski definition) is 1. The Morgan fingerprint density at radius 2 is 1.68 bits per heavy atom. The van der Waals surface area contributed by atoms with Gasteiger partial charge >= 0.3 is 0 Å². The van der Waals surface area contributed by atoms with E-state index in [1.165, 1.54) is 5.56 Å². The molecular weight excluding hydrogens is 464 g/mol. The van der Waals surface area contributed by atoms with Gasteiger partial charge in [-0.1, -0.05) is 37.3 Å². The fourth-order valence-corrected chi connectivity index (χ4v) is 4.43. The summed E-state index contributed by atoms with van der Waals surface area (Å²) in [6.45, 7) is 6.09. The number of ether oxygens (including phenoxy) is 1. The largest absolute Gasteiger partial charge is 0.494 e. The first-order valence-corrected chi connectivity index (χ1v) is 12.8. The summed E-state index contributed by atoms with van der Waals surface area (Å²) in [7, 11) is 0. The molecule has 0 fully saturated rings. The number of pyridine rings is 1. The van der Waals surface area contributed by atoms with Gasteiger partial charge in [0.25, 0.3) is 5.91 Å². The van der Waals surface area contributed by atoms with Crippen LogP contribution in [0.1, 0.15) is 41.8 Å². The first-order chi connectivity index (χ1) is 18.1. The molecule has 4 rings (SSSR count). The number of amides is 2. The van der Waals surface area contributed by atoms with E-state index in [1.54, 1.807) is 29.4 Å². The zero-order valence-corrected chi connectivity index (χ0v) is 21.5. The predicted molar refractivity (Wildman–Crippen MR) is 145 cm³/mol. The van der Waals surface area contributed by atoms with Crippen molar-refractivity contribution in [2.45, 2.75) is 33.2 Å². The minimum absolute atomic E-state index is 0.0277. The quantitative estimate of drug-likeness (QED) is 0.295. The molecule has 0 aliphatic rings. The molecule has 7 nitrogen and oxygen atoms in total. The number of nitrogens with one attached hydrogen (secondary N) is 1. The molecule has 4 aromatic rings. The molecule has 2 heterocycles. The smallest absolute Gasteiger partial charge is 0.254 e. The van der Waals surface area contributed by atoms with Gasteiger partial charge in [0.1, 0.15) is 12.3 Å². The number of aromatic amines is 1. The van der Waals surface area contributed by atoms with Crippen LogP contribution in [-0.2, 0) is 17.8 Å². The summed E-state index contributed by atoms with van der Waals surface area (Å²) in [5, 5.41) is 1.16. The van der Waals surface area contributed by atoms with Crippen LogP contribution in [0.5, 0.6) is 5.75 Å². The Bertz CT molecular complexity index is 1300. The van der Waals surface area contributed by atoms with Gasteiger partial charge in [0.05, 0.1) is 6.61 Å². The van der Waals surface area contributed by atoms with E-state index in [9.17, 15) is 9.59 Å². The molecule has 0 spiro atoms. The third-order valence-electron chi connectivity index (χ3n) is 6.32. The molecule has 0 saturated carbocycles. The average molecular weight is 499 g/mol. The van der Waals surface area contributed by atoms with Crippen molar-refractivity contribution in [3.63, 3.8) is 0 Å². The molecular formula is C30H34N4O3. The van der Waals surface area contributed by atoms with E-state index in [1.807, 2.05) is 61.3 Å². The Hall–Kier alpha value is -4.13. The Morgan fingerprint density at radius 1 is 0.919 bits per heavy atom. The van der Waals surface area contributed by atoms with Gasteiger partial charge in [-0.15, -0.1) is 0 Å². The van der Waals surface area contributed by atoms with Crippen molar-refractivity contribution in [3.05, 3.63) is 95.9 Å². The zero-order valence-electron chi connectivity index (χ0n) is 21.5. The Labute approximate surface area is 218 Å². The van der Waals surface area contributed by atoms with Gasteiger partial charge in [-0.3, -0.25) is 14.6 Å². The van der Waals surface area contributed by atoms with E-state index in [0.29, 0.717) is 38.2 Å². The maximum atomic E-state index is 13.6. The molecule has 2 aromatic carbocycles. The van der Waals surface area contributed by atoms with Crippen LogP contribution in [0, 0.1) is 0 Å². The van der Waals surface area contributed by atoms with Gasteiger partial charge in [-0.05, 0) is 61.2 Å². The number of fused-ring (bicyclic) bond motifs is 1.